The number of carbonyl (C=O) groups is 1. The van der Waals surface area contributed by atoms with Gasteiger partial charge in [0, 0.05) is 25.7 Å². The molecule has 27 heavy (non-hydrogen) atoms. The molecule has 4 rings (SSSR count). The first-order valence-corrected chi connectivity index (χ1v) is 8.89. The third-order valence-corrected chi connectivity index (χ3v) is 4.70. The molecule has 7 heteroatoms. The molecule has 0 unspecified atom stereocenters. The van der Waals surface area contributed by atoms with E-state index >= 15 is 0 Å². The van der Waals surface area contributed by atoms with Crippen LogP contribution in [0.4, 0.5) is 4.39 Å². The van der Waals surface area contributed by atoms with Crippen molar-refractivity contribution in [2.45, 2.75) is 13.1 Å². The van der Waals surface area contributed by atoms with Crippen molar-refractivity contribution in [3.05, 3.63) is 59.7 Å². The largest absolute Gasteiger partial charge is 0.492 e. The molecule has 2 aromatic carbocycles. The lowest BCUT2D eigenvalue weighted by Gasteiger charge is -2.22. The molecule has 2 heterocycles. The van der Waals surface area contributed by atoms with Crippen LogP contribution in [0.2, 0.25) is 0 Å². The normalized spacial score (nSPS) is 14.4. The minimum absolute atomic E-state index is 0.000942. The van der Waals surface area contributed by atoms with Crippen LogP contribution in [-0.4, -0.2) is 52.4 Å². The summed E-state index contributed by atoms with van der Waals surface area (Å²) in [7, 11) is 1.75. The zero-order chi connectivity index (χ0) is 18.8. The van der Waals surface area contributed by atoms with Crippen molar-refractivity contribution in [2.24, 2.45) is 0 Å². The van der Waals surface area contributed by atoms with Crippen molar-refractivity contribution < 1.29 is 13.9 Å². The number of ether oxygens (including phenoxy) is 1. The Bertz CT molecular complexity index is 972. The molecule has 1 amide bonds. The van der Waals surface area contributed by atoms with Gasteiger partial charge in [-0.3, -0.25) is 9.69 Å². The van der Waals surface area contributed by atoms with Gasteiger partial charge in [-0.25, -0.2) is 9.37 Å². The average molecular weight is 368 g/mol. The van der Waals surface area contributed by atoms with E-state index in [0.717, 1.165) is 11.3 Å². The molecule has 0 aliphatic carbocycles. The number of likely N-dealkylation sites (N-methyl/N-ethyl adjacent to an activating group) is 1. The first-order chi connectivity index (χ1) is 13.1. The van der Waals surface area contributed by atoms with Gasteiger partial charge in [0.15, 0.2) is 0 Å². The fourth-order valence-corrected chi connectivity index (χ4v) is 3.25. The van der Waals surface area contributed by atoms with E-state index < -0.39 is 0 Å². The Kier molecular flexibility index (Phi) is 4.77. The number of hydrogen-bond acceptors (Lipinski definition) is 4. The topological polar surface area (TPSA) is 61.5 Å². The first-order valence-electron chi connectivity index (χ1n) is 8.89. The highest BCUT2D eigenvalue weighted by molar-refractivity contribution is 5.78. The Balaban J connectivity index is 1.40. The van der Waals surface area contributed by atoms with Gasteiger partial charge in [-0.1, -0.05) is 18.2 Å². The average Bonchev–Trinajstić information content (AvgIpc) is 2.92. The molecule has 1 aromatic heterocycles. The maximum atomic E-state index is 13.3. The highest BCUT2D eigenvalue weighted by atomic mass is 19.1. The van der Waals surface area contributed by atoms with Gasteiger partial charge in [0.05, 0.1) is 24.1 Å². The van der Waals surface area contributed by atoms with Crippen LogP contribution in [0.5, 0.6) is 5.75 Å². The fraction of sp³-hybridized carbons (Fsp3) is 0.300. The highest BCUT2D eigenvalue weighted by Gasteiger charge is 2.20. The summed E-state index contributed by atoms with van der Waals surface area (Å²) >= 11 is 0. The third-order valence-electron chi connectivity index (χ3n) is 4.70. The number of hydrogen-bond donors (Lipinski definition) is 1. The molecular formula is C20H21FN4O2. The van der Waals surface area contributed by atoms with Gasteiger partial charge in [0.1, 0.15) is 24.0 Å². The van der Waals surface area contributed by atoms with E-state index in [2.05, 4.69) is 14.9 Å². The van der Waals surface area contributed by atoms with E-state index in [1.54, 1.807) is 18.0 Å². The van der Waals surface area contributed by atoms with Gasteiger partial charge in [0.2, 0.25) is 5.91 Å². The first kappa shape index (κ1) is 17.5. The van der Waals surface area contributed by atoms with Crippen molar-refractivity contribution in [2.75, 3.05) is 26.7 Å². The van der Waals surface area contributed by atoms with E-state index in [0.29, 0.717) is 49.6 Å². The number of aromatic amines is 1. The summed E-state index contributed by atoms with van der Waals surface area (Å²) in [5.74, 6) is 1.21. The summed E-state index contributed by atoms with van der Waals surface area (Å²) in [6.07, 6.45) is 0. The number of imidazole rings is 1. The lowest BCUT2D eigenvalue weighted by Crippen LogP contribution is -2.38. The second-order valence-corrected chi connectivity index (χ2v) is 6.76. The number of H-pyrrole nitrogens is 1. The lowest BCUT2D eigenvalue weighted by molar-refractivity contribution is -0.131. The van der Waals surface area contributed by atoms with Gasteiger partial charge in [0.25, 0.3) is 0 Å². The van der Waals surface area contributed by atoms with Crippen molar-refractivity contribution >= 4 is 16.9 Å². The molecule has 3 aromatic rings. The lowest BCUT2D eigenvalue weighted by atomic mass is 10.2. The van der Waals surface area contributed by atoms with Gasteiger partial charge in [-0.15, -0.1) is 0 Å². The molecular weight excluding hydrogens is 347 g/mol. The summed E-state index contributed by atoms with van der Waals surface area (Å²) in [5.41, 5.74) is 2.41. The fourth-order valence-electron chi connectivity index (χ4n) is 3.25. The monoisotopic (exact) mass is 368 g/mol. The van der Waals surface area contributed by atoms with E-state index in [1.807, 2.05) is 24.3 Å². The molecule has 0 bridgehead atoms. The summed E-state index contributed by atoms with van der Waals surface area (Å²) in [6.45, 7) is 2.58. The van der Waals surface area contributed by atoms with Crippen LogP contribution < -0.4 is 4.74 Å². The molecule has 140 valence electrons. The number of carbonyl (C=O) groups excluding carboxylic acids is 1. The van der Waals surface area contributed by atoms with Gasteiger partial charge >= 0.3 is 0 Å². The Labute approximate surface area is 156 Å². The van der Waals surface area contributed by atoms with Crippen LogP contribution in [0.15, 0.2) is 42.5 Å². The summed E-state index contributed by atoms with van der Waals surface area (Å²) < 4.78 is 19.1. The smallest absolute Gasteiger partial charge is 0.236 e. The zero-order valence-corrected chi connectivity index (χ0v) is 15.1. The number of benzene rings is 2. The number of amides is 1. The van der Waals surface area contributed by atoms with Crippen molar-refractivity contribution in [3.63, 3.8) is 0 Å². The van der Waals surface area contributed by atoms with E-state index in [-0.39, 0.29) is 11.7 Å². The predicted molar refractivity (Wildman–Crippen MR) is 99.7 cm³/mol. The van der Waals surface area contributed by atoms with Crippen molar-refractivity contribution in [3.8, 4) is 5.75 Å². The summed E-state index contributed by atoms with van der Waals surface area (Å²) in [6, 6.07) is 12.3. The van der Waals surface area contributed by atoms with Crippen LogP contribution in [0.3, 0.4) is 0 Å². The Morgan fingerprint density at radius 1 is 1.33 bits per heavy atom. The Morgan fingerprint density at radius 2 is 2.19 bits per heavy atom. The second-order valence-electron chi connectivity index (χ2n) is 6.76. The molecule has 1 aliphatic rings. The molecule has 0 saturated heterocycles. The predicted octanol–water partition coefficient (Wildman–Crippen LogP) is 2.56. The van der Waals surface area contributed by atoms with Crippen LogP contribution in [0, 0.1) is 5.82 Å². The van der Waals surface area contributed by atoms with E-state index in [1.165, 1.54) is 12.1 Å². The third kappa shape index (κ3) is 3.93. The quantitative estimate of drug-likeness (QED) is 0.769. The maximum Gasteiger partial charge on any atom is 0.236 e. The molecule has 0 spiro atoms. The number of nitrogens with one attached hydrogen (secondary N) is 1. The van der Waals surface area contributed by atoms with Crippen LogP contribution in [0.25, 0.3) is 11.0 Å². The van der Waals surface area contributed by atoms with Crippen LogP contribution >= 0.6 is 0 Å². The molecule has 1 N–H and O–H groups in total. The molecule has 0 atom stereocenters. The van der Waals surface area contributed by atoms with E-state index in [4.69, 9.17) is 4.74 Å². The number of aromatic nitrogens is 2. The molecule has 0 fully saturated rings. The number of nitrogens with zero attached hydrogens (tertiary/aromatic N) is 3. The summed E-state index contributed by atoms with van der Waals surface area (Å²) in [4.78, 5) is 23.9. The molecule has 0 saturated carbocycles. The SMILES string of the molecule is CN(Cc1nc2ccc(F)cc2[nH]1)C(=O)CN1CCOc2ccccc2C1. The van der Waals surface area contributed by atoms with Crippen LogP contribution in [-0.2, 0) is 17.9 Å². The summed E-state index contributed by atoms with van der Waals surface area (Å²) in [5, 5.41) is 0. The number of para-hydroxylation sites is 1. The van der Waals surface area contributed by atoms with Gasteiger partial charge in [-0.05, 0) is 24.3 Å². The van der Waals surface area contributed by atoms with Crippen molar-refractivity contribution in [1.82, 2.24) is 19.8 Å². The second kappa shape index (κ2) is 7.36. The highest BCUT2D eigenvalue weighted by Crippen LogP contribution is 2.22. The van der Waals surface area contributed by atoms with Crippen LogP contribution in [0.1, 0.15) is 11.4 Å². The minimum Gasteiger partial charge on any atom is -0.492 e. The van der Waals surface area contributed by atoms with Gasteiger partial charge in [-0.2, -0.15) is 0 Å². The number of fused-ring (bicyclic) bond motifs is 2. The Hall–Kier alpha value is -2.93. The van der Waals surface area contributed by atoms with Crippen molar-refractivity contribution in [1.29, 1.82) is 0 Å². The number of rotatable bonds is 4. The Morgan fingerprint density at radius 3 is 3.07 bits per heavy atom. The number of halogens is 1. The minimum atomic E-state index is -0.314. The zero-order valence-electron chi connectivity index (χ0n) is 15.1. The molecule has 1 aliphatic heterocycles. The van der Waals surface area contributed by atoms with E-state index in [9.17, 15) is 9.18 Å². The maximum absolute atomic E-state index is 13.3. The van der Waals surface area contributed by atoms with Gasteiger partial charge < -0.3 is 14.6 Å². The standard InChI is InChI=1S/C20H21FN4O2/c1-24(12-19-22-16-7-6-15(21)10-17(16)23-19)20(26)13-25-8-9-27-18-5-3-2-4-14(18)11-25/h2-7,10H,8-9,11-13H2,1H3,(H,22,23). The molecule has 6 nitrogen and oxygen atoms in total. The molecule has 0 radical (unpaired) electrons.